The van der Waals surface area contributed by atoms with Gasteiger partial charge in [-0.25, -0.2) is 0 Å². The van der Waals surface area contributed by atoms with Crippen molar-refractivity contribution in [1.29, 1.82) is 0 Å². The molecule has 5 nitrogen and oxygen atoms in total. The van der Waals surface area contributed by atoms with E-state index in [4.69, 9.17) is 0 Å². The first-order chi connectivity index (χ1) is 9.15. The minimum atomic E-state index is -0.233. The second-order valence-corrected chi connectivity index (χ2v) is 5.96. The third-order valence-electron chi connectivity index (χ3n) is 4.15. The average molecular weight is 269 g/mol. The highest BCUT2D eigenvalue weighted by atomic mass is 16.3. The summed E-state index contributed by atoms with van der Waals surface area (Å²) in [5.41, 5.74) is 0. The number of carbonyl (C=O) groups excluding carboxylic acids is 1. The van der Waals surface area contributed by atoms with Gasteiger partial charge >= 0.3 is 0 Å². The van der Waals surface area contributed by atoms with Gasteiger partial charge in [-0.15, -0.1) is 0 Å². The molecule has 1 amide bonds. The second-order valence-electron chi connectivity index (χ2n) is 5.96. The van der Waals surface area contributed by atoms with E-state index in [-0.39, 0.29) is 12.0 Å². The Morgan fingerprint density at radius 3 is 2.53 bits per heavy atom. The summed E-state index contributed by atoms with van der Waals surface area (Å²) in [7, 11) is 0. The van der Waals surface area contributed by atoms with E-state index in [1.807, 2.05) is 11.8 Å². The van der Waals surface area contributed by atoms with Gasteiger partial charge in [0.2, 0.25) is 5.91 Å². The van der Waals surface area contributed by atoms with Crippen LogP contribution in [0, 0.1) is 5.92 Å². The molecule has 2 heterocycles. The lowest BCUT2D eigenvalue weighted by Crippen LogP contribution is -2.47. The van der Waals surface area contributed by atoms with Gasteiger partial charge in [0.1, 0.15) is 0 Å². The Labute approximate surface area is 115 Å². The van der Waals surface area contributed by atoms with E-state index in [1.54, 1.807) is 0 Å². The first kappa shape index (κ1) is 14.8. The number of rotatable bonds is 6. The van der Waals surface area contributed by atoms with E-state index in [0.29, 0.717) is 12.5 Å². The molecule has 2 aliphatic heterocycles. The number of nitrogens with zero attached hydrogens (tertiary/aromatic N) is 2. The minimum Gasteiger partial charge on any atom is -0.392 e. The van der Waals surface area contributed by atoms with Crippen molar-refractivity contribution < 1.29 is 9.90 Å². The van der Waals surface area contributed by atoms with Crippen LogP contribution in [-0.4, -0.2) is 72.7 Å². The van der Waals surface area contributed by atoms with Crippen LogP contribution in [0.1, 0.15) is 26.2 Å². The number of β-amino-alcohol motifs (C(OH)–C–C–N with tert-alkyl or cyclic N) is 1. The van der Waals surface area contributed by atoms with Crippen molar-refractivity contribution in [2.45, 2.75) is 32.3 Å². The Morgan fingerprint density at radius 1 is 1.32 bits per heavy atom. The van der Waals surface area contributed by atoms with Gasteiger partial charge in [-0.3, -0.25) is 4.79 Å². The highest BCUT2D eigenvalue weighted by Crippen LogP contribution is 2.16. The number of aliphatic hydroxyl groups excluding tert-OH is 1. The van der Waals surface area contributed by atoms with Crippen LogP contribution in [0.3, 0.4) is 0 Å². The van der Waals surface area contributed by atoms with Crippen molar-refractivity contribution in [2.75, 3.05) is 45.8 Å². The van der Waals surface area contributed by atoms with Gasteiger partial charge in [0.15, 0.2) is 0 Å². The first-order valence-electron chi connectivity index (χ1n) is 7.54. The van der Waals surface area contributed by atoms with Crippen molar-refractivity contribution in [2.24, 2.45) is 5.92 Å². The highest BCUT2D eigenvalue weighted by molar-refractivity contribution is 5.78. The predicted molar refractivity (Wildman–Crippen MR) is 74.9 cm³/mol. The van der Waals surface area contributed by atoms with E-state index in [2.05, 4.69) is 10.2 Å². The molecule has 2 N–H and O–H groups in total. The fourth-order valence-electron chi connectivity index (χ4n) is 2.81. The van der Waals surface area contributed by atoms with Gasteiger partial charge in [-0.05, 0) is 51.7 Å². The van der Waals surface area contributed by atoms with Crippen molar-refractivity contribution in [3.8, 4) is 0 Å². The second kappa shape index (κ2) is 7.22. The Balaban J connectivity index is 1.54. The van der Waals surface area contributed by atoms with Crippen LogP contribution in [-0.2, 0) is 4.79 Å². The van der Waals surface area contributed by atoms with Gasteiger partial charge in [-0.1, -0.05) is 0 Å². The molecule has 1 atom stereocenters. The quantitative estimate of drug-likeness (QED) is 0.707. The molecule has 0 spiro atoms. The number of amides is 1. The fourth-order valence-corrected chi connectivity index (χ4v) is 2.81. The maximum absolute atomic E-state index is 11.7. The van der Waals surface area contributed by atoms with Gasteiger partial charge in [0.05, 0.1) is 12.6 Å². The van der Waals surface area contributed by atoms with Crippen LogP contribution < -0.4 is 5.32 Å². The molecular formula is C14H27N3O2. The van der Waals surface area contributed by atoms with E-state index >= 15 is 0 Å². The summed E-state index contributed by atoms with van der Waals surface area (Å²) in [5, 5.41) is 12.7. The lowest BCUT2D eigenvalue weighted by atomic mass is 9.96. The highest BCUT2D eigenvalue weighted by Gasteiger charge is 2.22. The third-order valence-corrected chi connectivity index (χ3v) is 4.15. The van der Waals surface area contributed by atoms with E-state index < -0.39 is 0 Å². The van der Waals surface area contributed by atoms with E-state index in [9.17, 15) is 9.90 Å². The molecule has 0 aromatic carbocycles. The van der Waals surface area contributed by atoms with Gasteiger partial charge in [0.25, 0.3) is 0 Å². The number of piperidine rings is 1. The van der Waals surface area contributed by atoms with E-state index in [0.717, 1.165) is 58.5 Å². The zero-order valence-electron chi connectivity index (χ0n) is 12.0. The molecule has 2 saturated heterocycles. The maximum Gasteiger partial charge on any atom is 0.236 e. The van der Waals surface area contributed by atoms with Crippen LogP contribution >= 0.6 is 0 Å². The van der Waals surface area contributed by atoms with Gasteiger partial charge in [-0.2, -0.15) is 0 Å². The summed E-state index contributed by atoms with van der Waals surface area (Å²) in [5.74, 6) is 0.923. The van der Waals surface area contributed by atoms with Crippen LogP contribution in [0.5, 0.6) is 0 Å². The molecular weight excluding hydrogens is 242 g/mol. The van der Waals surface area contributed by atoms with Crippen molar-refractivity contribution in [3.63, 3.8) is 0 Å². The summed E-state index contributed by atoms with van der Waals surface area (Å²) in [6, 6.07) is 0. The molecule has 5 heteroatoms. The maximum atomic E-state index is 11.7. The molecule has 2 fully saturated rings. The molecule has 0 radical (unpaired) electrons. The number of carbonyl (C=O) groups is 1. The van der Waals surface area contributed by atoms with Crippen LogP contribution in [0.4, 0.5) is 0 Å². The molecule has 2 aliphatic rings. The standard InChI is InChI=1S/C14H27N3O2/c1-12(18)11-16-7-3-13(4-8-16)9-15-10-14(19)17-5-2-6-17/h12-13,15,18H,2-11H2,1H3. The van der Waals surface area contributed by atoms with Crippen molar-refractivity contribution >= 4 is 5.91 Å². The molecule has 0 aromatic heterocycles. The molecule has 110 valence electrons. The van der Waals surface area contributed by atoms with Crippen molar-refractivity contribution in [3.05, 3.63) is 0 Å². The Morgan fingerprint density at radius 2 is 2.00 bits per heavy atom. The molecule has 0 aromatic rings. The average Bonchev–Trinajstić information content (AvgIpc) is 2.28. The van der Waals surface area contributed by atoms with Crippen LogP contribution in [0.25, 0.3) is 0 Å². The number of nitrogens with one attached hydrogen (secondary N) is 1. The zero-order chi connectivity index (χ0) is 13.7. The van der Waals surface area contributed by atoms with Gasteiger partial charge in [0, 0.05) is 19.6 Å². The summed E-state index contributed by atoms with van der Waals surface area (Å²) in [6.45, 7) is 8.09. The molecule has 0 saturated carbocycles. The monoisotopic (exact) mass is 269 g/mol. The molecule has 19 heavy (non-hydrogen) atoms. The SMILES string of the molecule is CC(O)CN1CCC(CNCC(=O)N2CCC2)CC1. The normalized spacial score (nSPS) is 23.2. The van der Waals surface area contributed by atoms with Crippen molar-refractivity contribution in [1.82, 2.24) is 15.1 Å². The van der Waals surface area contributed by atoms with Crippen LogP contribution in [0.15, 0.2) is 0 Å². The lowest BCUT2D eigenvalue weighted by Gasteiger charge is -2.33. The summed E-state index contributed by atoms with van der Waals surface area (Å²) in [6.07, 6.45) is 3.26. The topological polar surface area (TPSA) is 55.8 Å². The first-order valence-corrected chi connectivity index (χ1v) is 7.54. The number of aliphatic hydroxyl groups is 1. The number of likely N-dealkylation sites (tertiary alicyclic amines) is 2. The Kier molecular flexibility index (Phi) is 5.60. The smallest absolute Gasteiger partial charge is 0.236 e. The zero-order valence-corrected chi connectivity index (χ0v) is 12.0. The largest absolute Gasteiger partial charge is 0.392 e. The van der Waals surface area contributed by atoms with Gasteiger partial charge < -0.3 is 20.2 Å². The Hall–Kier alpha value is -0.650. The molecule has 1 unspecified atom stereocenters. The summed E-state index contributed by atoms with van der Waals surface area (Å²) in [4.78, 5) is 15.9. The molecule has 0 aliphatic carbocycles. The minimum absolute atomic E-state index is 0.233. The third kappa shape index (κ3) is 4.75. The van der Waals surface area contributed by atoms with E-state index in [1.165, 1.54) is 0 Å². The molecule has 0 bridgehead atoms. The fraction of sp³-hybridized carbons (Fsp3) is 0.929. The van der Waals surface area contributed by atoms with Crippen LogP contribution in [0.2, 0.25) is 0 Å². The predicted octanol–water partition coefficient (Wildman–Crippen LogP) is -0.0989. The lowest BCUT2D eigenvalue weighted by molar-refractivity contribution is -0.133. The number of hydrogen-bond acceptors (Lipinski definition) is 4. The summed E-state index contributed by atoms with van der Waals surface area (Å²) < 4.78 is 0. The molecule has 2 rings (SSSR count). The Bertz CT molecular complexity index is 284. The number of hydrogen-bond donors (Lipinski definition) is 2. The summed E-state index contributed by atoms with van der Waals surface area (Å²) >= 11 is 0.